The normalized spacial score (nSPS) is 26.9. The lowest BCUT2D eigenvalue weighted by Gasteiger charge is -2.36. The first-order valence-electron chi connectivity index (χ1n) is 6.86. The van der Waals surface area contributed by atoms with Crippen LogP contribution in [0.25, 0.3) is 0 Å². The quantitative estimate of drug-likeness (QED) is 0.819. The van der Waals surface area contributed by atoms with E-state index in [2.05, 4.69) is 36.9 Å². The maximum absolute atomic E-state index is 4.21. The number of anilines is 1. The third-order valence-electron chi connectivity index (χ3n) is 4.21. The molecule has 0 spiro atoms. The Morgan fingerprint density at radius 3 is 2.72 bits per heavy atom. The minimum atomic E-state index is 0.766. The fraction of sp³-hybridized carbons (Fsp3) is 0.833. The van der Waals surface area contributed by atoms with Gasteiger partial charge in [-0.15, -0.1) is 0 Å². The molecule has 3 heterocycles. The van der Waals surface area contributed by atoms with Crippen LogP contribution in [0.3, 0.4) is 0 Å². The summed E-state index contributed by atoms with van der Waals surface area (Å²) in [4.78, 5) is 11.6. The predicted octanol–water partition coefficient (Wildman–Crippen LogP) is 0.0209. The van der Waals surface area contributed by atoms with Crippen molar-refractivity contribution in [3.63, 3.8) is 0 Å². The maximum Gasteiger partial charge on any atom is 0.221 e. The van der Waals surface area contributed by atoms with Gasteiger partial charge in [-0.25, -0.2) is 5.10 Å². The van der Waals surface area contributed by atoms with Crippen molar-refractivity contribution in [1.82, 2.24) is 25.0 Å². The summed E-state index contributed by atoms with van der Waals surface area (Å²) in [7, 11) is 2.25. The molecule has 6 nitrogen and oxygen atoms in total. The molecule has 0 bridgehead atoms. The van der Waals surface area contributed by atoms with E-state index in [0.717, 1.165) is 38.2 Å². The van der Waals surface area contributed by atoms with Crippen LogP contribution in [-0.4, -0.2) is 77.3 Å². The van der Waals surface area contributed by atoms with Gasteiger partial charge in [0, 0.05) is 38.8 Å². The van der Waals surface area contributed by atoms with Crippen LogP contribution in [0, 0.1) is 0 Å². The summed E-state index contributed by atoms with van der Waals surface area (Å²) < 4.78 is 0. The van der Waals surface area contributed by atoms with Gasteiger partial charge in [0.25, 0.3) is 0 Å². The van der Waals surface area contributed by atoms with Crippen LogP contribution < -0.4 is 4.90 Å². The number of hydrogen-bond donors (Lipinski definition) is 1. The molecule has 0 saturated carbocycles. The number of aromatic nitrogens is 3. The number of likely N-dealkylation sites (tertiary alicyclic amines) is 1. The fourth-order valence-electron chi connectivity index (χ4n) is 3.00. The number of hydrogen-bond acceptors (Lipinski definition) is 5. The molecule has 0 amide bonds. The Morgan fingerprint density at radius 1 is 1.28 bits per heavy atom. The molecule has 1 aromatic rings. The van der Waals surface area contributed by atoms with E-state index in [-0.39, 0.29) is 0 Å². The van der Waals surface area contributed by atoms with Crippen molar-refractivity contribution in [3.05, 3.63) is 6.33 Å². The van der Waals surface area contributed by atoms with Crippen LogP contribution in [0.5, 0.6) is 0 Å². The molecule has 6 heteroatoms. The van der Waals surface area contributed by atoms with Crippen molar-refractivity contribution in [3.8, 4) is 0 Å². The maximum atomic E-state index is 4.21. The summed E-state index contributed by atoms with van der Waals surface area (Å²) in [5.41, 5.74) is 0. The zero-order valence-electron chi connectivity index (χ0n) is 11.0. The van der Waals surface area contributed by atoms with Gasteiger partial charge >= 0.3 is 0 Å². The molecule has 3 rings (SSSR count). The van der Waals surface area contributed by atoms with Crippen molar-refractivity contribution in [2.75, 3.05) is 51.2 Å². The number of rotatable bonds is 3. The van der Waals surface area contributed by atoms with Gasteiger partial charge in [-0.2, -0.15) is 10.1 Å². The number of aromatic amines is 1. The minimum absolute atomic E-state index is 0.766. The van der Waals surface area contributed by atoms with Crippen molar-refractivity contribution in [1.29, 1.82) is 0 Å². The van der Waals surface area contributed by atoms with Crippen molar-refractivity contribution in [2.45, 2.75) is 18.9 Å². The second-order valence-corrected chi connectivity index (χ2v) is 5.37. The first-order chi connectivity index (χ1) is 8.83. The number of likely N-dealkylation sites (N-methyl/N-ethyl adjacent to an activating group) is 1. The van der Waals surface area contributed by atoms with E-state index < -0.39 is 0 Å². The molecule has 1 N–H and O–H groups in total. The molecule has 0 aromatic carbocycles. The molecule has 2 fully saturated rings. The van der Waals surface area contributed by atoms with Crippen LogP contribution in [0.4, 0.5) is 5.95 Å². The van der Waals surface area contributed by atoms with Crippen molar-refractivity contribution >= 4 is 5.95 Å². The molecule has 1 aromatic heterocycles. The van der Waals surface area contributed by atoms with E-state index in [1.165, 1.54) is 25.9 Å². The highest BCUT2D eigenvalue weighted by atomic mass is 15.4. The Hall–Kier alpha value is -1.14. The summed E-state index contributed by atoms with van der Waals surface area (Å²) in [6.07, 6.45) is 4.30. The standard InChI is InChI=1S/C12H22N6/c1-16-4-2-3-11(16)9-17-5-7-18(8-6-17)12-13-10-14-15-12/h10-11H,2-9H2,1H3,(H,13,14,15)/t11-/m0/s1. The molecule has 0 radical (unpaired) electrons. The Labute approximate surface area is 108 Å². The van der Waals surface area contributed by atoms with E-state index in [0.29, 0.717) is 0 Å². The molecule has 2 saturated heterocycles. The van der Waals surface area contributed by atoms with Gasteiger partial charge in [0.2, 0.25) is 5.95 Å². The highest BCUT2D eigenvalue weighted by Crippen LogP contribution is 2.17. The van der Waals surface area contributed by atoms with Crippen LogP contribution in [0.1, 0.15) is 12.8 Å². The largest absolute Gasteiger partial charge is 0.339 e. The topological polar surface area (TPSA) is 51.3 Å². The van der Waals surface area contributed by atoms with Gasteiger partial charge in [0.05, 0.1) is 0 Å². The van der Waals surface area contributed by atoms with Crippen molar-refractivity contribution < 1.29 is 0 Å². The lowest BCUT2D eigenvalue weighted by molar-refractivity contribution is 0.185. The van der Waals surface area contributed by atoms with Gasteiger partial charge in [-0.1, -0.05) is 0 Å². The molecular formula is C12H22N6. The Balaban J connectivity index is 1.48. The average Bonchev–Trinajstić information content (AvgIpc) is 3.03. The Bertz CT molecular complexity index is 357. The highest BCUT2D eigenvalue weighted by molar-refractivity contribution is 5.27. The Kier molecular flexibility index (Phi) is 3.47. The van der Waals surface area contributed by atoms with Gasteiger partial charge in [0.1, 0.15) is 6.33 Å². The molecule has 18 heavy (non-hydrogen) atoms. The van der Waals surface area contributed by atoms with E-state index in [9.17, 15) is 0 Å². The first kappa shape index (κ1) is 11.9. The second kappa shape index (κ2) is 5.24. The monoisotopic (exact) mass is 250 g/mol. The van der Waals surface area contributed by atoms with E-state index >= 15 is 0 Å². The fourth-order valence-corrected chi connectivity index (χ4v) is 3.00. The number of H-pyrrole nitrogens is 1. The van der Waals surface area contributed by atoms with Crippen LogP contribution >= 0.6 is 0 Å². The van der Waals surface area contributed by atoms with Gasteiger partial charge in [-0.3, -0.25) is 4.90 Å². The molecule has 2 aliphatic heterocycles. The third kappa shape index (κ3) is 2.49. The summed E-state index contributed by atoms with van der Waals surface area (Å²) in [6.45, 7) is 6.84. The highest BCUT2D eigenvalue weighted by Gasteiger charge is 2.25. The van der Waals surface area contributed by atoms with Gasteiger partial charge < -0.3 is 9.80 Å². The zero-order chi connectivity index (χ0) is 12.4. The van der Waals surface area contributed by atoms with Crippen LogP contribution in [0.15, 0.2) is 6.33 Å². The molecular weight excluding hydrogens is 228 g/mol. The average molecular weight is 250 g/mol. The first-order valence-corrected chi connectivity index (χ1v) is 6.86. The van der Waals surface area contributed by atoms with E-state index in [4.69, 9.17) is 0 Å². The number of nitrogens with one attached hydrogen (secondary N) is 1. The minimum Gasteiger partial charge on any atom is -0.339 e. The molecule has 1 atom stereocenters. The van der Waals surface area contributed by atoms with Crippen molar-refractivity contribution in [2.24, 2.45) is 0 Å². The second-order valence-electron chi connectivity index (χ2n) is 5.37. The molecule has 100 valence electrons. The number of piperazine rings is 1. The summed E-state index contributed by atoms with van der Waals surface area (Å²) >= 11 is 0. The third-order valence-corrected chi connectivity index (χ3v) is 4.21. The van der Waals surface area contributed by atoms with Gasteiger partial charge in [-0.05, 0) is 26.4 Å². The lowest BCUT2D eigenvalue weighted by Crippen LogP contribution is -2.50. The molecule has 0 unspecified atom stereocenters. The summed E-state index contributed by atoms with van der Waals surface area (Å²) in [6, 6.07) is 0.766. The Morgan fingerprint density at radius 2 is 2.11 bits per heavy atom. The smallest absolute Gasteiger partial charge is 0.221 e. The summed E-state index contributed by atoms with van der Waals surface area (Å²) in [5, 5.41) is 6.85. The van der Waals surface area contributed by atoms with Crippen LogP contribution in [-0.2, 0) is 0 Å². The van der Waals surface area contributed by atoms with E-state index in [1.807, 2.05) is 0 Å². The van der Waals surface area contributed by atoms with E-state index in [1.54, 1.807) is 6.33 Å². The predicted molar refractivity (Wildman–Crippen MR) is 70.7 cm³/mol. The molecule has 0 aliphatic carbocycles. The molecule has 2 aliphatic rings. The van der Waals surface area contributed by atoms with Gasteiger partial charge in [0.15, 0.2) is 0 Å². The summed E-state index contributed by atoms with van der Waals surface area (Å²) in [5.74, 6) is 0.910. The van der Waals surface area contributed by atoms with Crippen LogP contribution in [0.2, 0.25) is 0 Å². The number of nitrogens with zero attached hydrogens (tertiary/aromatic N) is 5. The lowest BCUT2D eigenvalue weighted by atomic mass is 10.2. The zero-order valence-corrected chi connectivity index (χ0v) is 11.0. The SMILES string of the molecule is CN1CCC[C@H]1CN1CCN(c2ncn[nH]2)CC1.